The average Bonchev–Trinajstić information content (AvgIpc) is 3.16. The van der Waals surface area contributed by atoms with Gasteiger partial charge in [0.1, 0.15) is 0 Å². The molecule has 2 aromatic heterocycles. The van der Waals surface area contributed by atoms with Gasteiger partial charge in [-0.05, 0) is 30.9 Å². The molecule has 0 aliphatic heterocycles. The number of hydrogen-bond acceptors (Lipinski definition) is 7. The second-order valence-corrected chi connectivity index (χ2v) is 6.99. The van der Waals surface area contributed by atoms with Gasteiger partial charge in [-0.15, -0.1) is 22.0 Å². The van der Waals surface area contributed by atoms with Crippen molar-refractivity contribution >= 4 is 11.8 Å². The highest BCUT2D eigenvalue weighted by Gasteiger charge is 2.28. The first-order valence-electron chi connectivity index (χ1n) is 8.04. The fourth-order valence-electron chi connectivity index (χ4n) is 2.45. The predicted octanol–water partition coefficient (Wildman–Crippen LogP) is 3.66. The molecule has 1 aliphatic carbocycles. The van der Waals surface area contributed by atoms with E-state index in [1.165, 1.54) is 24.0 Å². The number of hydrogen-bond donors (Lipinski definition) is 0. The van der Waals surface area contributed by atoms with Crippen molar-refractivity contribution in [3.8, 4) is 0 Å². The van der Waals surface area contributed by atoms with Gasteiger partial charge in [0.15, 0.2) is 5.82 Å². The van der Waals surface area contributed by atoms with Gasteiger partial charge in [0.05, 0.1) is 17.9 Å². The van der Waals surface area contributed by atoms with Crippen LogP contribution in [0.3, 0.4) is 0 Å². The van der Waals surface area contributed by atoms with E-state index >= 15 is 0 Å². The first kappa shape index (κ1) is 15.4. The number of rotatable bonds is 7. The van der Waals surface area contributed by atoms with E-state index in [0.29, 0.717) is 41.5 Å². The van der Waals surface area contributed by atoms with Gasteiger partial charge in [-0.1, -0.05) is 29.4 Å². The molecule has 0 radical (unpaired) electrons. The van der Waals surface area contributed by atoms with Crippen molar-refractivity contribution in [2.45, 2.75) is 43.6 Å². The minimum atomic E-state index is 0.521. The molecule has 0 spiro atoms. The molecule has 0 bridgehead atoms. The molecule has 6 nitrogen and oxygen atoms in total. The summed E-state index contributed by atoms with van der Waals surface area (Å²) >= 11 is 1.64. The summed E-state index contributed by atoms with van der Waals surface area (Å²) < 4.78 is 11.0. The molecule has 1 aliphatic rings. The summed E-state index contributed by atoms with van der Waals surface area (Å²) in [7, 11) is 0. The van der Waals surface area contributed by atoms with Crippen LogP contribution in [-0.2, 0) is 17.9 Å². The Balaban J connectivity index is 1.29. The molecule has 0 atom stereocenters. The fraction of sp³-hybridized carbons (Fsp3) is 0.412. The van der Waals surface area contributed by atoms with Crippen LogP contribution in [0.25, 0.3) is 0 Å². The number of benzene rings is 1. The molecular weight excluding hydrogens is 324 g/mol. The Labute approximate surface area is 144 Å². The van der Waals surface area contributed by atoms with Crippen LogP contribution < -0.4 is 0 Å². The van der Waals surface area contributed by atoms with Crippen LogP contribution in [0, 0.1) is 6.92 Å². The summed E-state index contributed by atoms with van der Waals surface area (Å²) in [5, 5.41) is 12.3. The van der Waals surface area contributed by atoms with E-state index in [1.807, 2.05) is 12.1 Å². The van der Waals surface area contributed by atoms with Crippen molar-refractivity contribution in [3.05, 3.63) is 58.9 Å². The lowest BCUT2D eigenvalue weighted by Crippen LogP contribution is -1.91. The molecule has 2 heterocycles. The minimum Gasteiger partial charge on any atom is -0.424 e. The van der Waals surface area contributed by atoms with E-state index in [9.17, 15) is 0 Å². The molecule has 124 valence electrons. The molecule has 1 fully saturated rings. The zero-order valence-corrected chi connectivity index (χ0v) is 14.3. The van der Waals surface area contributed by atoms with Gasteiger partial charge in [0, 0.05) is 5.92 Å². The van der Waals surface area contributed by atoms with Gasteiger partial charge >= 0.3 is 0 Å². The van der Waals surface area contributed by atoms with E-state index in [-0.39, 0.29) is 0 Å². The SMILES string of the molecule is Cc1ccccc1Cc1nnc(CSCc2nc(C3CC3)no2)o1. The van der Waals surface area contributed by atoms with Crippen LogP contribution in [0.4, 0.5) is 0 Å². The molecule has 0 amide bonds. The van der Waals surface area contributed by atoms with Crippen molar-refractivity contribution < 1.29 is 8.94 Å². The molecule has 0 unspecified atom stereocenters. The maximum Gasteiger partial charge on any atom is 0.236 e. The van der Waals surface area contributed by atoms with Gasteiger partial charge in [-0.3, -0.25) is 0 Å². The molecule has 3 aromatic rings. The molecule has 7 heteroatoms. The van der Waals surface area contributed by atoms with Crippen molar-refractivity contribution in [2.75, 3.05) is 0 Å². The van der Waals surface area contributed by atoms with Crippen LogP contribution in [0.15, 0.2) is 33.2 Å². The summed E-state index contributed by atoms with van der Waals surface area (Å²) in [6.07, 6.45) is 3.02. The maximum absolute atomic E-state index is 5.72. The summed E-state index contributed by atoms with van der Waals surface area (Å²) in [5.74, 6) is 4.62. The Bertz CT molecular complexity index is 825. The highest BCUT2D eigenvalue weighted by Crippen LogP contribution is 2.38. The van der Waals surface area contributed by atoms with Gasteiger partial charge in [-0.25, -0.2) is 0 Å². The standard InChI is InChI=1S/C17H18N4O2S/c1-11-4-2-3-5-13(11)8-14-19-20-16(22-14)10-24-9-15-18-17(21-23-15)12-6-7-12/h2-5,12H,6-10H2,1H3. The second-order valence-electron chi connectivity index (χ2n) is 6.01. The minimum absolute atomic E-state index is 0.521. The van der Waals surface area contributed by atoms with E-state index < -0.39 is 0 Å². The Hall–Kier alpha value is -2.15. The first-order valence-corrected chi connectivity index (χ1v) is 9.19. The van der Waals surface area contributed by atoms with Crippen molar-refractivity contribution in [1.82, 2.24) is 20.3 Å². The average molecular weight is 342 g/mol. The summed E-state index contributed by atoms with van der Waals surface area (Å²) in [6.45, 7) is 2.09. The normalized spacial score (nSPS) is 14.2. The van der Waals surface area contributed by atoms with E-state index in [2.05, 4.69) is 39.4 Å². The van der Waals surface area contributed by atoms with Gasteiger partial charge in [0.2, 0.25) is 17.7 Å². The quantitative estimate of drug-likeness (QED) is 0.648. The molecule has 1 aromatic carbocycles. The third-order valence-corrected chi connectivity index (χ3v) is 4.89. The Morgan fingerprint density at radius 1 is 1.08 bits per heavy atom. The Morgan fingerprint density at radius 3 is 2.71 bits per heavy atom. The number of thioether (sulfide) groups is 1. The fourth-order valence-corrected chi connectivity index (χ4v) is 3.13. The van der Waals surface area contributed by atoms with Crippen LogP contribution in [-0.4, -0.2) is 20.3 Å². The van der Waals surface area contributed by atoms with Crippen LogP contribution in [0.1, 0.15) is 53.4 Å². The topological polar surface area (TPSA) is 77.8 Å². The first-order chi connectivity index (χ1) is 11.8. The maximum atomic E-state index is 5.72. The lowest BCUT2D eigenvalue weighted by atomic mass is 10.1. The Morgan fingerprint density at radius 2 is 1.88 bits per heavy atom. The molecule has 24 heavy (non-hydrogen) atoms. The monoisotopic (exact) mass is 342 g/mol. The lowest BCUT2D eigenvalue weighted by molar-refractivity contribution is 0.385. The largest absolute Gasteiger partial charge is 0.424 e. The molecule has 0 saturated heterocycles. The third-order valence-electron chi connectivity index (χ3n) is 3.99. The summed E-state index contributed by atoms with van der Waals surface area (Å²) in [4.78, 5) is 4.41. The summed E-state index contributed by atoms with van der Waals surface area (Å²) in [5.41, 5.74) is 2.44. The van der Waals surface area contributed by atoms with Crippen LogP contribution >= 0.6 is 11.8 Å². The van der Waals surface area contributed by atoms with Crippen molar-refractivity contribution in [3.63, 3.8) is 0 Å². The van der Waals surface area contributed by atoms with Crippen molar-refractivity contribution in [1.29, 1.82) is 0 Å². The van der Waals surface area contributed by atoms with Crippen LogP contribution in [0.5, 0.6) is 0 Å². The molecule has 4 rings (SSSR count). The second kappa shape index (κ2) is 6.76. The van der Waals surface area contributed by atoms with Crippen molar-refractivity contribution in [2.24, 2.45) is 0 Å². The van der Waals surface area contributed by atoms with E-state index in [1.54, 1.807) is 11.8 Å². The van der Waals surface area contributed by atoms with Crippen LogP contribution in [0.2, 0.25) is 0 Å². The van der Waals surface area contributed by atoms with Gasteiger partial charge in [0.25, 0.3) is 0 Å². The number of nitrogens with zero attached hydrogens (tertiary/aromatic N) is 4. The smallest absolute Gasteiger partial charge is 0.236 e. The molecule has 1 saturated carbocycles. The third kappa shape index (κ3) is 3.67. The predicted molar refractivity (Wildman–Crippen MR) is 89.6 cm³/mol. The number of aromatic nitrogens is 4. The van der Waals surface area contributed by atoms with E-state index in [0.717, 1.165) is 5.82 Å². The highest BCUT2D eigenvalue weighted by atomic mass is 32.2. The Kier molecular flexibility index (Phi) is 4.34. The lowest BCUT2D eigenvalue weighted by Gasteiger charge is -2.01. The molecular formula is C17H18N4O2S. The molecule has 0 N–H and O–H groups in total. The zero-order valence-electron chi connectivity index (χ0n) is 13.4. The highest BCUT2D eigenvalue weighted by molar-refractivity contribution is 7.97. The van der Waals surface area contributed by atoms with Gasteiger partial charge in [-0.2, -0.15) is 4.98 Å². The zero-order chi connectivity index (χ0) is 16.4. The number of aryl methyl sites for hydroxylation is 1. The van der Waals surface area contributed by atoms with E-state index in [4.69, 9.17) is 8.94 Å². The van der Waals surface area contributed by atoms with Gasteiger partial charge < -0.3 is 8.94 Å². The summed E-state index contributed by atoms with van der Waals surface area (Å²) in [6, 6.07) is 8.22.